The Kier molecular flexibility index (Phi) is 8.25. The van der Waals surface area contributed by atoms with Crippen molar-refractivity contribution < 1.29 is 22.6 Å². The molecule has 3 N–H and O–H groups in total. The Morgan fingerprint density at radius 2 is 1.53 bits per heavy atom. The van der Waals surface area contributed by atoms with E-state index in [4.69, 9.17) is 12.4 Å². The third-order valence-corrected chi connectivity index (χ3v) is 6.18. The molecular formula is C25H25BN2O5S. The van der Waals surface area contributed by atoms with Gasteiger partial charge < -0.3 is 10.6 Å². The number of carbonyl (C=O) groups excluding carboxylic acids is 2. The molecule has 0 saturated carbocycles. The first kappa shape index (κ1) is 25.2. The van der Waals surface area contributed by atoms with Crippen LogP contribution in [0.2, 0.25) is 0 Å². The molecule has 0 fully saturated rings. The Morgan fingerprint density at radius 3 is 2.12 bits per heavy atom. The minimum Gasteiger partial charge on any atom is -0.351 e. The fraction of sp³-hybridized carbons (Fsp3) is 0.200. The average Bonchev–Trinajstić information content (AvgIpc) is 2.80. The highest BCUT2D eigenvalue weighted by Gasteiger charge is 2.28. The lowest BCUT2D eigenvalue weighted by atomic mass is 9.81. The molecule has 0 aliphatic carbocycles. The van der Waals surface area contributed by atoms with E-state index < -0.39 is 27.7 Å². The van der Waals surface area contributed by atoms with Gasteiger partial charge in [-0.25, -0.2) is 0 Å². The van der Waals surface area contributed by atoms with Crippen LogP contribution in [0.25, 0.3) is 0 Å². The van der Waals surface area contributed by atoms with E-state index in [1.807, 2.05) is 37.3 Å². The van der Waals surface area contributed by atoms with Crippen molar-refractivity contribution in [3.8, 4) is 0 Å². The van der Waals surface area contributed by atoms with Crippen LogP contribution in [0.5, 0.6) is 0 Å². The van der Waals surface area contributed by atoms with Crippen LogP contribution < -0.4 is 16.1 Å². The van der Waals surface area contributed by atoms with Crippen molar-refractivity contribution in [1.29, 1.82) is 0 Å². The van der Waals surface area contributed by atoms with Crippen LogP contribution >= 0.6 is 0 Å². The van der Waals surface area contributed by atoms with Crippen LogP contribution in [-0.4, -0.2) is 44.9 Å². The van der Waals surface area contributed by atoms with Gasteiger partial charge in [0, 0.05) is 17.8 Å². The van der Waals surface area contributed by atoms with Gasteiger partial charge >= 0.3 is 0 Å². The number of amides is 2. The lowest BCUT2D eigenvalue weighted by Crippen LogP contribution is -2.29. The predicted octanol–water partition coefficient (Wildman–Crippen LogP) is 2.62. The summed E-state index contributed by atoms with van der Waals surface area (Å²) >= 11 is 0. The Bertz CT molecular complexity index is 1230. The highest BCUT2D eigenvalue weighted by molar-refractivity contribution is 7.85. The smallest absolute Gasteiger partial charge is 0.266 e. The van der Waals surface area contributed by atoms with Crippen LogP contribution in [0.4, 0.5) is 5.69 Å². The standard InChI is InChI=1S/C25H25BN2O5S/c1-17(18-7-9-20(10-8-18)24(29)27-15-16-34(31,32)33)23(19-5-3-2-4-6-19)25(30)28-22-13-11-21(26)12-14-22/h2-14,17,23H,15-16H2,1H3,(H,27,29)(H,28,30)(H,31,32,33)/t17?,23-/m1/s1. The number of nitrogens with one attached hydrogen (secondary N) is 2. The fourth-order valence-corrected chi connectivity index (χ4v) is 4.00. The first-order valence-electron chi connectivity index (χ1n) is 10.7. The van der Waals surface area contributed by atoms with Crippen molar-refractivity contribution in [2.75, 3.05) is 17.6 Å². The summed E-state index contributed by atoms with van der Waals surface area (Å²) < 4.78 is 30.4. The zero-order chi connectivity index (χ0) is 24.7. The molecule has 174 valence electrons. The van der Waals surface area contributed by atoms with Crippen molar-refractivity contribution in [2.45, 2.75) is 18.8 Å². The summed E-state index contributed by atoms with van der Waals surface area (Å²) in [6.07, 6.45) is 0. The molecule has 0 saturated heterocycles. The van der Waals surface area contributed by atoms with Gasteiger partial charge in [0.25, 0.3) is 16.0 Å². The van der Waals surface area contributed by atoms with E-state index in [9.17, 15) is 18.0 Å². The molecular weight excluding hydrogens is 451 g/mol. The molecule has 3 aromatic rings. The van der Waals surface area contributed by atoms with Gasteiger partial charge in [-0.05, 0) is 41.3 Å². The Balaban J connectivity index is 1.78. The van der Waals surface area contributed by atoms with Crippen molar-refractivity contribution in [3.05, 3.63) is 95.6 Å². The summed E-state index contributed by atoms with van der Waals surface area (Å²) in [6.45, 7) is 1.75. The number of benzene rings is 3. The van der Waals surface area contributed by atoms with Gasteiger partial charge in [-0.2, -0.15) is 8.42 Å². The van der Waals surface area contributed by atoms with Gasteiger partial charge in [0.1, 0.15) is 7.85 Å². The van der Waals surface area contributed by atoms with Crippen molar-refractivity contribution in [3.63, 3.8) is 0 Å². The van der Waals surface area contributed by atoms with Crippen LogP contribution in [0.15, 0.2) is 78.9 Å². The van der Waals surface area contributed by atoms with Gasteiger partial charge in [0.2, 0.25) is 5.91 Å². The number of hydrogen-bond acceptors (Lipinski definition) is 4. The van der Waals surface area contributed by atoms with Gasteiger partial charge in [-0.3, -0.25) is 14.1 Å². The molecule has 2 atom stereocenters. The van der Waals surface area contributed by atoms with Crippen LogP contribution in [-0.2, 0) is 14.9 Å². The van der Waals surface area contributed by atoms with Gasteiger partial charge in [-0.15, -0.1) is 0 Å². The van der Waals surface area contributed by atoms with E-state index in [1.54, 1.807) is 48.5 Å². The third kappa shape index (κ3) is 7.03. The van der Waals surface area contributed by atoms with E-state index in [2.05, 4.69) is 10.6 Å². The number of anilines is 1. The summed E-state index contributed by atoms with van der Waals surface area (Å²) in [5.74, 6) is -1.89. The van der Waals surface area contributed by atoms with Gasteiger partial charge in [0.15, 0.2) is 0 Å². The lowest BCUT2D eigenvalue weighted by molar-refractivity contribution is -0.118. The zero-order valence-electron chi connectivity index (χ0n) is 18.6. The van der Waals surface area contributed by atoms with E-state index in [1.165, 1.54) is 0 Å². The minimum atomic E-state index is -4.15. The molecule has 0 heterocycles. The number of carbonyl (C=O) groups is 2. The molecule has 0 aliphatic heterocycles. The number of hydrogen-bond donors (Lipinski definition) is 3. The topological polar surface area (TPSA) is 113 Å². The van der Waals surface area contributed by atoms with E-state index in [0.717, 1.165) is 11.1 Å². The fourth-order valence-electron chi connectivity index (χ4n) is 3.64. The first-order chi connectivity index (χ1) is 16.1. The van der Waals surface area contributed by atoms with Crippen molar-refractivity contribution in [2.24, 2.45) is 0 Å². The maximum atomic E-state index is 13.3. The van der Waals surface area contributed by atoms with Crippen molar-refractivity contribution >= 4 is 40.9 Å². The molecule has 2 amide bonds. The summed E-state index contributed by atoms with van der Waals surface area (Å²) in [5, 5.41) is 5.41. The second-order valence-electron chi connectivity index (χ2n) is 7.95. The third-order valence-electron chi connectivity index (χ3n) is 5.46. The average molecular weight is 476 g/mol. The van der Waals surface area contributed by atoms with Crippen molar-refractivity contribution in [1.82, 2.24) is 5.32 Å². The molecule has 0 spiro atoms. The highest BCUT2D eigenvalue weighted by atomic mass is 32.2. The van der Waals surface area contributed by atoms with E-state index >= 15 is 0 Å². The molecule has 1 unspecified atom stereocenters. The lowest BCUT2D eigenvalue weighted by Gasteiger charge is -2.24. The molecule has 3 aromatic carbocycles. The minimum absolute atomic E-state index is 0.171. The highest BCUT2D eigenvalue weighted by Crippen LogP contribution is 2.34. The first-order valence-corrected chi connectivity index (χ1v) is 12.3. The molecule has 0 bridgehead atoms. The maximum absolute atomic E-state index is 13.3. The molecule has 0 aliphatic rings. The Hall–Kier alpha value is -3.43. The van der Waals surface area contributed by atoms with Crippen LogP contribution in [0, 0.1) is 0 Å². The summed E-state index contributed by atoms with van der Waals surface area (Å²) in [6, 6.07) is 23.2. The maximum Gasteiger partial charge on any atom is 0.266 e. The Labute approximate surface area is 200 Å². The summed E-state index contributed by atoms with van der Waals surface area (Å²) in [4.78, 5) is 25.6. The molecule has 9 heteroatoms. The van der Waals surface area contributed by atoms with Crippen LogP contribution in [0.1, 0.15) is 40.2 Å². The molecule has 3 rings (SSSR count). The molecule has 2 radical (unpaired) electrons. The molecule has 0 aromatic heterocycles. The summed E-state index contributed by atoms with van der Waals surface area (Å²) in [7, 11) is 1.59. The van der Waals surface area contributed by atoms with Crippen LogP contribution in [0.3, 0.4) is 0 Å². The summed E-state index contributed by atoms with van der Waals surface area (Å²) in [5.41, 5.74) is 3.30. The Morgan fingerprint density at radius 1 is 0.912 bits per heavy atom. The van der Waals surface area contributed by atoms with E-state index in [-0.39, 0.29) is 18.4 Å². The predicted molar refractivity (Wildman–Crippen MR) is 133 cm³/mol. The number of rotatable bonds is 9. The normalized spacial score (nSPS) is 13.0. The largest absolute Gasteiger partial charge is 0.351 e. The molecule has 34 heavy (non-hydrogen) atoms. The molecule has 7 nitrogen and oxygen atoms in total. The monoisotopic (exact) mass is 476 g/mol. The quantitative estimate of drug-likeness (QED) is 0.325. The SMILES string of the molecule is [B]c1ccc(NC(=O)[C@@H](c2ccccc2)C(C)c2ccc(C(=O)NCCS(=O)(=O)O)cc2)cc1. The second-order valence-corrected chi connectivity index (χ2v) is 9.52. The zero-order valence-corrected chi connectivity index (χ0v) is 19.5. The van der Waals surface area contributed by atoms with Gasteiger partial charge in [0.05, 0.1) is 11.7 Å². The van der Waals surface area contributed by atoms with Gasteiger partial charge in [-0.1, -0.05) is 67.0 Å². The second kappa shape index (κ2) is 11.1. The van der Waals surface area contributed by atoms with E-state index in [0.29, 0.717) is 16.7 Å².